The maximum Gasteiger partial charge on any atom is 0.124 e. The van der Waals surface area contributed by atoms with Gasteiger partial charge in [-0.25, -0.2) is 4.98 Å². The molecular formula is C16H21N3O. The quantitative estimate of drug-likeness (QED) is 0.785. The average Bonchev–Trinajstić information content (AvgIpc) is 2.89. The highest BCUT2D eigenvalue weighted by molar-refractivity contribution is 5.76. The molecule has 4 heteroatoms. The van der Waals surface area contributed by atoms with Crippen LogP contribution in [0.1, 0.15) is 18.8 Å². The third-order valence-electron chi connectivity index (χ3n) is 3.38. The number of benzene rings is 1. The summed E-state index contributed by atoms with van der Waals surface area (Å²) in [7, 11) is 1.66. The number of nitrogens with zero attached hydrogens (tertiary/aromatic N) is 2. The zero-order chi connectivity index (χ0) is 14.5. The molecule has 1 aromatic carbocycles. The maximum atomic E-state index is 5.23. The van der Waals surface area contributed by atoms with Crippen molar-refractivity contribution in [1.29, 1.82) is 0 Å². The van der Waals surface area contributed by atoms with Gasteiger partial charge in [0.15, 0.2) is 0 Å². The monoisotopic (exact) mass is 271 g/mol. The van der Waals surface area contributed by atoms with Gasteiger partial charge in [0.25, 0.3) is 0 Å². The van der Waals surface area contributed by atoms with Gasteiger partial charge in [0.2, 0.25) is 0 Å². The average molecular weight is 271 g/mol. The zero-order valence-electron chi connectivity index (χ0n) is 12.1. The summed E-state index contributed by atoms with van der Waals surface area (Å²) < 4.78 is 5.23. The van der Waals surface area contributed by atoms with Crippen molar-refractivity contribution in [2.45, 2.75) is 13.0 Å². The molecule has 1 N–H and O–H groups in total. The van der Waals surface area contributed by atoms with Crippen molar-refractivity contribution < 1.29 is 4.74 Å². The van der Waals surface area contributed by atoms with E-state index in [9.17, 15) is 0 Å². The van der Waals surface area contributed by atoms with E-state index in [0.29, 0.717) is 0 Å². The lowest BCUT2D eigenvalue weighted by Gasteiger charge is -2.24. The molecule has 0 aliphatic heterocycles. The molecule has 0 amide bonds. The van der Waals surface area contributed by atoms with E-state index in [1.54, 1.807) is 7.11 Å². The molecule has 2 rings (SSSR count). The summed E-state index contributed by atoms with van der Waals surface area (Å²) in [6, 6.07) is 6.02. The third kappa shape index (κ3) is 2.91. The smallest absolute Gasteiger partial charge is 0.124 e. The number of nitrogens with one attached hydrogen (secondary N) is 1. The number of H-pyrrole nitrogens is 1. The summed E-state index contributed by atoms with van der Waals surface area (Å²) >= 11 is 0. The summed E-state index contributed by atoms with van der Waals surface area (Å²) in [6.07, 6.45) is 3.79. The molecule has 0 radical (unpaired) electrons. The van der Waals surface area contributed by atoms with Crippen molar-refractivity contribution >= 4 is 11.0 Å². The van der Waals surface area contributed by atoms with Crippen LogP contribution in [0.4, 0.5) is 0 Å². The molecule has 1 unspecified atom stereocenters. The lowest BCUT2D eigenvalue weighted by Crippen LogP contribution is -2.28. The van der Waals surface area contributed by atoms with E-state index in [0.717, 1.165) is 35.7 Å². The molecule has 0 saturated heterocycles. The normalized spacial score (nSPS) is 12.6. The number of ether oxygens (including phenoxy) is 1. The zero-order valence-corrected chi connectivity index (χ0v) is 12.1. The number of hydrogen-bond acceptors (Lipinski definition) is 3. The number of aromatic amines is 1. The molecule has 2 aromatic rings. The highest BCUT2D eigenvalue weighted by Crippen LogP contribution is 2.23. The minimum absolute atomic E-state index is 0.171. The maximum absolute atomic E-state index is 5.23. The van der Waals surface area contributed by atoms with Gasteiger partial charge in [-0.3, -0.25) is 4.90 Å². The van der Waals surface area contributed by atoms with Gasteiger partial charge in [-0.15, -0.1) is 13.2 Å². The first kappa shape index (κ1) is 14.3. The molecule has 106 valence electrons. The lowest BCUT2D eigenvalue weighted by atomic mass is 10.2. The van der Waals surface area contributed by atoms with Crippen LogP contribution in [0.25, 0.3) is 11.0 Å². The van der Waals surface area contributed by atoms with E-state index in [-0.39, 0.29) is 6.04 Å². The second-order valence-electron chi connectivity index (χ2n) is 4.71. The Hall–Kier alpha value is -2.07. The van der Waals surface area contributed by atoms with Crippen LogP contribution < -0.4 is 4.74 Å². The van der Waals surface area contributed by atoms with Crippen molar-refractivity contribution in [1.82, 2.24) is 14.9 Å². The summed E-state index contributed by atoms with van der Waals surface area (Å²) in [5, 5.41) is 0. The van der Waals surface area contributed by atoms with Crippen molar-refractivity contribution in [2.75, 3.05) is 20.2 Å². The number of imidazole rings is 1. The van der Waals surface area contributed by atoms with Crippen molar-refractivity contribution in [3.63, 3.8) is 0 Å². The van der Waals surface area contributed by atoms with Gasteiger partial charge >= 0.3 is 0 Å². The Morgan fingerprint density at radius 1 is 1.35 bits per heavy atom. The number of rotatable bonds is 7. The van der Waals surface area contributed by atoms with Crippen LogP contribution in [-0.4, -0.2) is 35.1 Å². The van der Waals surface area contributed by atoms with Crippen LogP contribution in [0.3, 0.4) is 0 Å². The first-order valence-corrected chi connectivity index (χ1v) is 6.69. The molecule has 0 spiro atoms. The molecule has 0 fully saturated rings. The van der Waals surface area contributed by atoms with Crippen LogP contribution in [0.5, 0.6) is 5.75 Å². The lowest BCUT2D eigenvalue weighted by molar-refractivity contribution is 0.252. The topological polar surface area (TPSA) is 41.2 Å². The van der Waals surface area contributed by atoms with E-state index >= 15 is 0 Å². The van der Waals surface area contributed by atoms with Gasteiger partial charge in [0, 0.05) is 19.2 Å². The highest BCUT2D eigenvalue weighted by atomic mass is 16.5. The van der Waals surface area contributed by atoms with Crippen LogP contribution in [0.2, 0.25) is 0 Å². The van der Waals surface area contributed by atoms with E-state index in [2.05, 4.69) is 34.9 Å². The Balaban J connectivity index is 2.30. The van der Waals surface area contributed by atoms with Gasteiger partial charge in [0.1, 0.15) is 11.6 Å². The predicted molar refractivity (Wildman–Crippen MR) is 83.0 cm³/mol. The fraction of sp³-hybridized carbons (Fsp3) is 0.312. The first-order valence-electron chi connectivity index (χ1n) is 6.69. The molecule has 0 saturated carbocycles. The molecular weight excluding hydrogens is 250 g/mol. The first-order chi connectivity index (χ1) is 9.69. The summed E-state index contributed by atoms with van der Waals surface area (Å²) in [6.45, 7) is 11.3. The summed E-state index contributed by atoms with van der Waals surface area (Å²) in [5.41, 5.74) is 1.94. The minimum Gasteiger partial charge on any atom is -0.497 e. The Bertz CT molecular complexity index is 593. The Kier molecular flexibility index (Phi) is 4.58. The molecule has 0 aliphatic rings. The van der Waals surface area contributed by atoms with Gasteiger partial charge in [-0.1, -0.05) is 12.2 Å². The molecule has 1 heterocycles. The number of aromatic nitrogens is 2. The molecule has 0 aliphatic carbocycles. The largest absolute Gasteiger partial charge is 0.497 e. The molecule has 4 nitrogen and oxygen atoms in total. The Labute approximate surface area is 119 Å². The highest BCUT2D eigenvalue weighted by Gasteiger charge is 2.17. The summed E-state index contributed by atoms with van der Waals surface area (Å²) in [4.78, 5) is 10.3. The Morgan fingerprint density at radius 3 is 2.65 bits per heavy atom. The van der Waals surface area contributed by atoms with Crippen LogP contribution in [0.15, 0.2) is 43.5 Å². The van der Waals surface area contributed by atoms with E-state index in [1.807, 2.05) is 30.4 Å². The molecule has 1 aromatic heterocycles. The van der Waals surface area contributed by atoms with Crippen molar-refractivity contribution in [3.05, 3.63) is 49.3 Å². The fourth-order valence-corrected chi connectivity index (χ4v) is 2.23. The fourth-order valence-electron chi connectivity index (χ4n) is 2.23. The number of methoxy groups -OCH3 is 1. The van der Waals surface area contributed by atoms with Crippen molar-refractivity contribution in [2.24, 2.45) is 0 Å². The second-order valence-corrected chi connectivity index (χ2v) is 4.71. The third-order valence-corrected chi connectivity index (χ3v) is 3.38. The Morgan fingerprint density at radius 2 is 2.05 bits per heavy atom. The molecule has 20 heavy (non-hydrogen) atoms. The van der Waals surface area contributed by atoms with Gasteiger partial charge in [0.05, 0.1) is 24.2 Å². The van der Waals surface area contributed by atoms with E-state index in [1.165, 1.54) is 0 Å². The number of fused-ring (bicyclic) bond motifs is 1. The second kappa shape index (κ2) is 6.39. The molecule has 1 atom stereocenters. The minimum atomic E-state index is 0.171. The standard InChI is InChI=1S/C16H21N3O/c1-5-9-19(10-6-2)12(3)16-17-14-8-7-13(20-4)11-15(14)18-16/h5-8,11-12H,1-2,9-10H2,3-4H3,(H,17,18). The van der Waals surface area contributed by atoms with Crippen LogP contribution in [0, 0.1) is 0 Å². The SMILES string of the molecule is C=CCN(CC=C)C(C)c1nc2ccc(OC)cc2[nH]1. The van der Waals surface area contributed by atoms with Crippen LogP contribution >= 0.6 is 0 Å². The molecule has 0 bridgehead atoms. The van der Waals surface area contributed by atoms with Gasteiger partial charge in [-0.05, 0) is 19.1 Å². The predicted octanol–water partition coefficient (Wildman–Crippen LogP) is 3.31. The number of hydrogen-bond donors (Lipinski definition) is 1. The van der Waals surface area contributed by atoms with Crippen LogP contribution in [-0.2, 0) is 0 Å². The van der Waals surface area contributed by atoms with E-state index in [4.69, 9.17) is 4.74 Å². The van der Waals surface area contributed by atoms with Crippen molar-refractivity contribution in [3.8, 4) is 5.75 Å². The summed E-state index contributed by atoms with van der Waals surface area (Å²) in [5.74, 6) is 1.77. The van der Waals surface area contributed by atoms with Gasteiger partial charge in [-0.2, -0.15) is 0 Å². The van der Waals surface area contributed by atoms with Gasteiger partial charge < -0.3 is 9.72 Å². The van der Waals surface area contributed by atoms with E-state index < -0.39 is 0 Å².